The Kier molecular flexibility index (Phi) is 4.73. The number of rotatable bonds is 3. The number of Topliss-reactive ketones (excluding diaryl/α,β-unsaturated/α-hetero) is 2. The molecule has 0 saturated heterocycles. The maximum absolute atomic E-state index is 13.5. The molecule has 29 heavy (non-hydrogen) atoms. The number of fused-ring (bicyclic) bond motifs is 1. The van der Waals surface area contributed by atoms with Crippen molar-refractivity contribution in [3.8, 4) is 5.75 Å². The first-order valence-corrected chi connectivity index (χ1v) is 9.51. The molecule has 3 aromatic rings. The third kappa shape index (κ3) is 2.85. The molecule has 0 radical (unpaired) electrons. The molecule has 2 aromatic carbocycles. The molecule has 1 heterocycles. The van der Waals surface area contributed by atoms with Gasteiger partial charge in [0.2, 0.25) is 5.78 Å². The Hall–Kier alpha value is -3.02. The number of hydrogen-bond acceptors (Lipinski definition) is 4. The lowest BCUT2D eigenvalue weighted by molar-refractivity contribution is -0.113. The summed E-state index contributed by atoms with van der Waals surface area (Å²) in [6.07, 6.45) is 0. The maximum Gasteiger partial charge on any atom is 0.217 e. The van der Waals surface area contributed by atoms with Crippen molar-refractivity contribution in [1.29, 1.82) is 0 Å². The SMILES string of the molecule is COc1ccc(C2=C(Cl)C(=O)C(Cl)=C(c3c(C)n(N)c4ccccc34)C2=O)cc1. The highest BCUT2D eigenvalue weighted by Crippen LogP contribution is 2.42. The molecule has 0 bridgehead atoms. The number of halogens is 2. The Bertz CT molecular complexity index is 1250. The molecule has 5 nitrogen and oxygen atoms in total. The summed E-state index contributed by atoms with van der Waals surface area (Å²) in [4.78, 5) is 26.4. The van der Waals surface area contributed by atoms with E-state index >= 15 is 0 Å². The van der Waals surface area contributed by atoms with E-state index < -0.39 is 11.6 Å². The van der Waals surface area contributed by atoms with E-state index in [0.29, 0.717) is 22.6 Å². The third-order valence-electron chi connectivity index (χ3n) is 5.08. The van der Waals surface area contributed by atoms with Gasteiger partial charge in [0.15, 0.2) is 5.78 Å². The summed E-state index contributed by atoms with van der Waals surface area (Å²) in [5.74, 6) is 5.78. The number of ether oxygens (including phenoxy) is 1. The largest absolute Gasteiger partial charge is 0.497 e. The van der Waals surface area contributed by atoms with Gasteiger partial charge in [-0.25, -0.2) is 0 Å². The number of hydrogen-bond donors (Lipinski definition) is 1. The van der Waals surface area contributed by atoms with Crippen LogP contribution in [0.5, 0.6) is 5.75 Å². The first-order chi connectivity index (χ1) is 13.9. The molecular formula is C22H16Cl2N2O3. The van der Waals surface area contributed by atoms with Crippen molar-refractivity contribution in [3.63, 3.8) is 0 Å². The molecule has 1 aliphatic rings. The lowest BCUT2D eigenvalue weighted by Gasteiger charge is -2.19. The summed E-state index contributed by atoms with van der Waals surface area (Å²) < 4.78 is 6.64. The van der Waals surface area contributed by atoms with E-state index in [9.17, 15) is 9.59 Å². The first-order valence-electron chi connectivity index (χ1n) is 8.75. The molecule has 0 amide bonds. The predicted molar refractivity (Wildman–Crippen MR) is 115 cm³/mol. The third-order valence-corrected chi connectivity index (χ3v) is 5.80. The summed E-state index contributed by atoms with van der Waals surface area (Å²) in [6, 6.07) is 14.1. The lowest BCUT2D eigenvalue weighted by Crippen LogP contribution is -2.19. The van der Waals surface area contributed by atoms with E-state index in [1.807, 2.05) is 24.3 Å². The van der Waals surface area contributed by atoms with Crippen molar-refractivity contribution in [1.82, 2.24) is 4.68 Å². The number of benzene rings is 2. The average molecular weight is 427 g/mol. The van der Waals surface area contributed by atoms with Crippen LogP contribution in [-0.2, 0) is 9.59 Å². The summed E-state index contributed by atoms with van der Waals surface area (Å²) in [6.45, 7) is 1.78. The molecule has 0 aliphatic heterocycles. The van der Waals surface area contributed by atoms with E-state index in [4.69, 9.17) is 33.8 Å². The van der Waals surface area contributed by atoms with Crippen LogP contribution in [-0.4, -0.2) is 23.4 Å². The second kappa shape index (κ2) is 7.10. The summed E-state index contributed by atoms with van der Waals surface area (Å²) in [7, 11) is 1.54. The zero-order valence-corrected chi connectivity index (χ0v) is 17.1. The molecule has 7 heteroatoms. The number of aromatic nitrogens is 1. The highest BCUT2D eigenvalue weighted by atomic mass is 35.5. The summed E-state index contributed by atoms with van der Waals surface area (Å²) in [5, 5.41) is 0.314. The quantitative estimate of drug-likeness (QED) is 0.496. The van der Waals surface area contributed by atoms with Crippen molar-refractivity contribution >= 4 is 56.8 Å². The normalized spacial score (nSPS) is 14.9. The zero-order valence-electron chi connectivity index (χ0n) is 15.6. The fraction of sp³-hybridized carbons (Fsp3) is 0.0909. The Morgan fingerprint density at radius 3 is 2.17 bits per heavy atom. The van der Waals surface area contributed by atoms with Crippen LogP contribution in [0.4, 0.5) is 0 Å². The van der Waals surface area contributed by atoms with Gasteiger partial charge in [-0.3, -0.25) is 14.3 Å². The molecule has 0 spiro atoms. The zero-order chi connectivity index (χ0) is 20.9. The molecule has 2 N–H and O–H groups in total. The van der Waals surface area contributed by atoms with E-state index in [-0.39, 0.29) is 21.2 Å². The van der Waals surface area contributed by atoms with Gasteiger partial charge in [0, 0.05) is 16.6 Å². The second-order valence-corrected chi connectivity index (χ2v) is 7.37. The Morgan fingerprint density at radius 1 is 0.897 bits per heavy atom. The van der Waals surface area contributed by atoms with Crippen molar-refractivity contribution in [2.75, 3.05) is 13.0 Å². The minimum Gasteiger partial charge on any atom is -0.497 e. The first kappa shape index (κ1) is 19.3. The molecular weight excluding hydrogens is 411 g/mol. The number of carbonyl (C=O) groups is 2. The van der Waals surface area contributed by atoms with Crippen molar-refractivity contribution in [2.24, 2.45) is 0 Å². The monoisotopic (exact) mass is 426 g/mol. The van der Waals surface area contributed by atoms with E-state index in [1.54, 1.807) is 38.3 Å². The number of carbonyl (C=O) groups excluding carboxylic acids is 2. The predicted octanol–water partition coefficient (Wildman–Crippen LogP) is 4.42. The summed E-state index contributed by atoms with van der Waals surface area (Å²) in [5.41, 5.74) is 2.58. The van der Waals surface area contributed by atoms with Gasteiger partial charge in [0.25, 0.3) is 0 Å². The minimum atomic E-state index is -0.595. The van der Waals surface area contributed by atoms with E-state index in [0.717, 1.165) is 10.9 Å². The van der Waals surface area contributed by atoms with Crippen LogP contribution >= 0.6 is 23.2 Å². The van der Waals surface area contributed by atoms with Crippen LogP contribution in [0.3, 0.4) is 0 Å². The number of allylic oxidation sites excluding steroid dienone is 4. The smallest absolute Gasteiger partial charge is 0.217 e. The van der Waals surface area contributed by atoms with Gasteiger partial charge in [-0.1, -0.05) is 53.5 Å². The number of methoxy groups -OCH3 is 1. The maximum atomic E-state index is 13.5. The second-order valence-electron chi connectivity index (χ2n) is 6.61. The highest BCUT2D eigenvalue weighted by molar-refractivity contribution is 6.68. The molecule has 0 unspecified atom stereocenters. The van der Waals surface area contributed by atoms with Gasteiger partial charge in [0.1, 0.15) is 15.8 Å². The van der Waals surface area contributed by atoms with Gasteiger partial charge in [-0.15, -0.1) is 0 Å². The molecule has 0 atom stereocenters. The minimum absolute atomic E-state index is 0.102. The van der Waals surface area contributed by atoms with Crippen LogP contribution in [0.15, 0.2) is 58.6 Å². The van der Waals surface area contributed by atoms with Gasteiger partial charge in [0.05, 0.1) is 23.8 Å². The number of nitrogens with zero attached hydrogens (tertiary/aromatic N) is 1. The molecule has 146 valence electrons. The topological polar surface area (TPSA) is 74.3 Å². The van der Waals surface area contributed by atoms with Crippen LogP contribution in [0.1, 0.15) is 16.8 Å². The average Bonchev–Trinajstić information content (AvgIpc) is 2.98. The molecule has 1 aromatic heterocycles. The van der Waals surface area contributed by atoms with Crippen LogP contribution in [0.2, 0.25) is 0 Å². The Labute approximate surface area is 176 Å². The van der Waals surface area contributed by atoms with Crippen molar-refractivity contribution in [3.05, 3.63) is 75.4 Å². The van der Waals surface area contributed by atoms with E-state index in [2.05, 4.69) is 0 Å². The molecule has 0 fully saturated rings. The fourth-order valence-electron chi connectivity index (χ4n) is 3.59. The number of ketones is 2. The molecule has 4 rings (SSSR count). The van der Waals surface area contributed by atoms with Crippen LogP contribution in [0.25, 0.3) is 22.0 Å². The number of nitrogens with two attached hydrogens (primary N) is 1. The number of para-hydroxylation sites is 1. The Balaban J connectivity index is 1.95. The van der Waals surface area contributed by atoms with Crippen molar-refractivity contribution in [2.45, 2.75) is 6.92 Å². The van der Waals surface area contributed by atoms with Crippen LogP contribution in [0, 0.1) is 6.92 Å². The molecule has 1 aliphatic carbocycles. The van der Waals surface area contributed by atoms with Gasteiger partial charge in [-0.05, 0) is 30.7 Å². The number of nitrogen functional groups attached to an aromatic ring is 1. The fourth-order valence-corrected chi connectivity index (χ4v) is 4.21. The standard InChI is InChI=1S/C22H16Cl2N2O3/c1-11-16(14-5-3-4-6-15(14)26(11)25)18-20(24)22(28)19(23)17(21(18)27)12-7-9-13(29-2)10-8-12/h3-10H,25H2,1-2H3. The highest BCUT2D eigenvalue weighted by Gasteiger charge is 2.36. The lowest BCUT2D eigenvalue weighted by atomic mass is 9.86. The van der Waals surface area contributed by atoms with Crippen molar-refractivity contribution < 1.29 is 14.3 Å². The summed E-state index contributed by atoms with van der Waals surface area (Å²) >= 11 is 12.6. The van der Waals surface area contributed by atoms with Crippen LogP contribution < -0.4 is 10.6 Å². The van der Waals surface area contributed by atoms with Gasteiger partial charge in [-0.2, -0.15) is 0 Å². The Morgan fingerprint density at radius 2 is 1.52 bits per heavy atom. The van der Waals surface area contributed by atoms with E-state index in [1.165, 1.54) is 4.68 Å². The molecule has 0 saturated carbocycles. The van der Waals surface area contributed by atoms with Gasteiger partial charge < -0.3 is 10.6 Å². The van der Waals surface area contributed by atoms with Gasteiger partial charge >= 0.3 is 0 Å².